The third-order valence-electron chi connectivity index (χ3n) is 4.94. The van der Waals surface area contributed by atoms with Crippen LogP contribution in [0.4, 0.5) is 29.7 Å². The van der Waals surface area contributed by atoms with Gasteiger partial charge in [-0.3, -0.25) is 9.80 Å². The molecule has 8 heteroatoms. The first-order valence-electron chi connectivity index (χ1n) is 10.4. The largest absolute Gasteiger partial charge is 0.338 e. The Kier molecular flexibility index (Phi) is 9.74. The molecular formula is C23H30F2N4O2. The van der Waals surface area contributed by atoms with Crippen LogP contribution in [0.2, 0.25) is 0 Å². The number of halogens is 2. The number of anilines is 2. The zero-order valence-electron chi connectivity index (χ0n) is 18.0. The summed E-state index contributed by atoms with van der Waals surface area (Å²) < 4.78 is 25.9. The van der Waals surface area contributed by atoms with Gasteiger partial charge in [0.1, 0.15) is 11.6 Å². The lowest BCUT2D eigenvalue weighted by Crippen LogP contribution is -2.37. The highest BCUT2D eigenvalue weighted by atomic mass is 19.1. The molecule has 0 aliphatic rings. The lowest BCUT2D eigenvalue weighted by Gasteiger charge is -2.18. The summed E-state index contributed by atoms with van der Waals surface area (Å²) in [4.78, 5) is 27.1. The van der Waals surface area contributed by atoms with Crippen LogP contribution in [0.3, 0.4) is 0 Å². The summed E-state index contributed by atoms with van der Waals surface area (Å²) in [6, 6.07) is 11.1. The number of benzene rings is 2. The molecule has 2 aromatic carbocycles. The Hall–Kier alpha value is -3.16. The molecular weight excluding hydrogens is 402 g/mol. The summed E-state index contributed by atoms with van der Waals surface area (Å²) in [5, 5.41) is 5.70. The molecule has 0 aliphatic carbocycles. The molecule has 0 saturated carbocycles. The van der Waals surface area contributed by atoms with Crippen molar-refractivity contribution in [2.75, 3.05) is 37.0 Å². The van der Waals surface area contributed by atoms with Crippen LogP contribution < -0.4 is 20.4 Å². The molecule has 0 aromatic heterocycles. The summed E-state index contributed by atoms with van der Waals surface area (Å²) in [5.41, 5.74) is 1.26. The van der Waals surface area contributed by atoms with Crippen molar-refractivity contribution in [1.29, 1.82) is 0 Å². The van der Waals surface area contributed by atoms with Gasteiger partial charge in [0.2, 0.25) is 0 Å². The lowest BCUT2D eigenvalue weighted by molar-refractivity contribution is 0.246. The minimum Gasteiger partial charge on any atom is -0.338 e. The number of nitrogens with zero attached hydrogens (tertiary/aromatic N) is 2. The number of amides is 4. The first kappa shape index (κ1) is 24.1. The van der Waals surface area contributed by atoms with Crippen molar-refractivity contribution in [1.82, 2.24) is 10.6 Å². The molecule has 0 heterocycles. The van der Waals surface area contributed by atoms with Crippen LogP contribution >= 0.6 is 0 Å². The maximum Gasteiger partial charge on any atom is 0.321 e. The maximum absolute atomic E-state index is 13.0. The van der Waals surface area contributed by atoms with Gasteiger partial charge in [0.25, 0.3) is 0 Å². The quantitative estimate of drug-likeness (QED) is 0.524. The Morgan fingerprint density at radius 3 is 1.32 bits per heavy atom. The SMILES string of the molecule is CN(C(=O)NCCCCCCCNC(=O)N(C)c1ccc(F)cc1)c1ccc(F)cc1. The van der Waals surface area contributed by atoms with E-state index in [1.807, 2.05) is 0 Å². The fourth-order valence-electron chi connectivity index (χ4n) is 2.97. The van der Waals surface area contributed by atoms with E-state index in [4.69, 9.17) is 0 Å². The van der Waals surface area contributed by atoms with E-state index in [1.54, 1.807) is 38.4 Å². The highest BCUT2D eigenvalue weighted by Crippen LogP contribution is 2.14. The van der Waals surface area contributed by atoms with Crippen LogP contribution in [0.15, 0.2) is 48.5 Å². The van der Waals surface area contributed by atoms with Crippen molar-refractivity contribution in [2.45, 2.75) is 32.1 Å². The molecule has 0 saturated heterocycles. The highest BCUT2D eigenvalue weighted by Gasteiger charge is 2.11. The topological polar surface area (TPSA) is 64.7 Å². The first-order valence-corrected chi connectivity index (χ1v) is 10.4. The van der Waals surface area contributed by atoms with Crippen molar-refractivity contribution in [2.24, 2.45) is 0 Å². The zero-order chi connectivity index (χ0) is 22.6. The van der Waals surface area contributed by atoms with Gasteiger partial charge in [-0.2, -0.15) is 0 Å². The predicted octanol–water partition coefficient (Wildman–Crippen LogP) is 4.91. The molecule has 6 nitrogen and oxygen atoms in total. The van der Waals surface area contributed by atoms with Crippen LogP contribution in [-0.2, 0) is 0 Å². The highest BCUT2D eigenvalue weighted by molar-refractivity contribution is 5.91. The van der Waals surface area contributed by atoms with Gasteiger partial charge in [0.05, 0.1) is 0 Å². The van der Waals surface area contributed by atoms with Gasteiger partial charge in [-0.05, 0) is 61.4 Å². The molecule has 0 aliphatic heterocycles. The van der Waals surface area contributed by atoms with Crippen LogP contribution in [0.1, 0.15) is 32.1 Å². The summed E-state index contributed by atoms with van der Waals surface area (Å²) >= 11 is 0. The Bertz CT molecular complexity index is 759. The molecule has 0 spiro atoms. The van der Waals surface area contributed by atoms with Gasteiger partial charge in [-0.25, -0.2) is 18.4 Å². The third kappa shape index (κ3) is 8.24. The van der Waals surface area contributed by atoms with Gasteiger partial charge in [0.15, 0.2) is 0 Å². The van der Waals surface area contributed by atoms with Crippen molar-refractivity contribution in [3.8, 4) is 0 Å². The van der Waals surface area contributed by atoms with E-state index in [-0.39, 0.29) is 23.7 Å². The van der Waals surface area contributed by atoms with Crippen LogP contribution in [0.5, 0.6) is 0 Å². The summed E-state index contributed by atoms with van der Waals surface area (Å²) in [7, 11) is 3.29. The third-order valence-corrected chi connectivity index (χ3v) is 4.94. The van der Waals surface area contributed by atoms with Crippen LogP contribution in [0.25, 0.3) is 0 Å². The van der Waals surface area contributed by atoms with Gasteiger partial charge in [0, 0.05) is 38.6 Å². The maximum atomic E-state index is 13.0. The number of nitrogens with one attached hydrogen (secondary N) is 2. The molecule has 0 unspecified atom stereocenters. The monoisotopic (exact) mass is 432 g/mol. The molecule has 0 radical (unpaired) electrons. The first-order chi connectivity index (χ1) is 14.9. The predicted molar refractivity (Wildman–Crippen MR) is 119 cm³/mol. The fourth-order valence-corrected chi connectivity index (χ4v) is 2.97. The average Bonchev–Trinajstić information content (AvgIpc) is 2.77. The van der Waals surface area contributed by atoms with E-state index in [1.165, 1.54) is 34.1 Å². The molecule has 0 atom stereocenters. The van der Waals surface area contributed by atoms with Crippen molar-refractivity contribution in [3.05, 3.63) is 60.2 Å². The zero-order valence-corrected chi connectivity index (χ0v) is 18.0. The second-order valence-electron chi connectivity index (χ2n) is 7.30. The average molecular weight is 433 g/mol. The molecule has 31 heavy (non-hydrogen) atoms. The molecule has 2 rings (SSSR count). The molecule has 2 aromatic rings. The second kappa shape index (κ2) is 12.5. The molecule has 168 valence electrons. The van der Waals surface area contributed by atoms with Gasteiger partial charge in [-0.1, -0.05) is 19.3 Å². The van der Waals surface area contributed by atoms with Crippen molar-refractivity contribution in [3.63, 3.8) is 0 Å². The number of carbonyl (C=O) groups is 2. The lowest BCUT2D eigenvalue weighted by atomic mass is 10.1. The number of hydrogen-bond acceptors (Lipinski definition) is 2. The van der Waals surface area contributed by atoms with E-state index in [0.717, 1.165) is 32.1 Å². The minimum absolute atomic E-state index is 0.223. The summed E-state index contributed by atoms with van der Waals surface area (Å²) in [5.74, 6) is -0.672. The molecule has 0 bridgehead atoms. The van der Waals surface area contributed by atoms with E-state index in [2.05, 4.69) is 10.6 Å². The van der Waals surface area contributed by atoms with Gasteiger partial charge >= 0.3 is 12.1 Å². The Morgan fingerprint density at radius 2 is 0.968 bits per heavy atom. The van der Waals surface area contributed by atoms with Gasteiger partial charge in [-0.15, -0.1) is 0 Å². The molecule has 2 N–H and O–H groups in total. The summed E-state index contributed by atoms with van der Waals surface area (Å²) in [6.07, 6.45) is 4.69. The summed E-state index contributed by atoms with van der Waals surface area (Å²) in [6.45, 7) is 1.15. The number of rotatable bonds is 10. The number of urea groups is 2. The Labute approximate surface area is 182 Å². The van der Waals surface area contributed by atoms with Gasteiger partial charge < -0.3 is 10.6 Å². The number of hydrogen-bond donors (Lipinski definition) is 2. The van der Waals surface area contributed by atoms with E-state index < -0.39 is 0 Å². The Morgan fingerprint density at radius 1 is 0.645 bits per heavy atom. The van der Waals surface area contributed by atoms with Crippen LogP contribution in [0, 0.1) is 11.6 Å². The van der Waals surface area contributed by atoms with E-state index in [9.17, 15) is 18.4 Å². The standard InChI is InChI=1S/C23H30F2N4O2/c1-28(20-12-8-18(24)9-13-20)22(30)26-16-6-4-3-5-7-17-27-23(31)29(2)21-14-10-19(25)11-15-21/h8-15H,3-7,16-17H2,1-2H3,(H,26,30)(H,27,31). The van der Waals surface area contributed by atoms with Crippen molar-refractivity contribution < 1.29 is 18.4 Å². The minimum atomic E-state index is -0.336. The second-order valence-corrected chi connectivity index (χ2v) is 7.30. The normalized spacial score (nSPS) is 10.5. The Balaban J connectivity index is 1.50. The van der Waals surface area contributed by atoms with Crippen molar-refractivity contribution >= 4 is 23.4 Å². The van der Waals surface area contributed by atoms with Crippen LogP contribution in [-0.4, -0.2) is 39.2 Å². The molecule has 4 amide bonds. The van der Waals surface area contributed by atoms with E-state index in [0.29, 0.717) is 24.5 Å². The molecule has 0 fully saturated rings. The number of unbranched alkanes of at least 4 members (excludes halogenated alkanes) is 4. The number of carbonyl (C=O) groups excluding carboxylic acids is 2. The van der Waals surface area contributed by atoms with E-state index >= 15 is 0 Å². The fraction of sp³-hybridized carbons (Fsp3) is 0.391. The smallest absolute Gasteiger partial charge is 0.321 e.